The van der Waals surface area contributed by atoms with Gasteiger partial charge in [-0.3, -0.25) is 0 Å². The van der Waals surface area contributed by atoms with Crippen LogP contribution in [-0.4, -0.2) is 23.3 Å². The quantitative estimate of drug-likeness (QED) is 0.736. The van der Waals surface area contributed by atoms with Gasteiger partial charge >= 0.3 is 0 Å². The fourth-order valence-electron chi connectivity index (χ4n) is 2.22. The van der Waals surface area contributed by atoms with E-state index in [2.05, 4.69) is 19.2 Å². The van der Waals surface area contributed by atoms with Gasteiger partial charge in [0.2, 0.25) is 0 Å². The van der Waals surface area contributed by atoms with Crippen LogP contribution in [0.2, 0.25) is 0 Å². The molecule has 0 aromatic rings. The minimum absolute atomic E-state index is 0.144. The molecule has 1 aliphatic carbocycles. The largest absolute Gasteiger partial charge is 0.392 e. The minimum Gasteiger partial charge on any atom is -0.392 e. The van der Waals surface area contributed by atoms with Crippen LogP contribution in [0, 0.1) is 5.92 Å². The highest BCUT2D eigenvalue weighted by Gasteiger charge is 2.23. The van der Waals surface area contributed by atoms with E-state index in [9.17, 15) is 5.11 Å². The van der Waals surface area contributed by atoms with Gasteiger partial charge in [0.25, 0.3) is 0 Å². The van der Waals surface area contributed by atoms with Crippen molar-refractivity contribution in [2.75, 3.05) is 6.54 Å². The Labute approximate surface area is 94.5 Å². The second kappa shape index (κ2) is 5.86. The summed E-state index contributed by atoms with van der Waals surface area (Å²) in [6, 6.07) is 0. The van der Waals surface area contributed by atoms with Gasteiger partial charge < -0.3 is 10.4 Å². The molecule has 1 saturated carbocycles. The summed E-state index contributed by atoms with van der Waals surface area (Å²) >= 11 is 0. The Kier molecular flexibility index (Phi) is 5.07. The lowest BCUT2D eigenvalue weighted by atomic mass is 9.86. The van der Waals surface area contributed by atoms with E-state index < -0.39 is 0 Å². The molecule has 0 aliphatic heterocycles. The number of nitrogens with one attached hydrogen (secondary N) is 1. The van der Waals surface area contributed by atoms with E-state index in [4.69, 9.17) is 0 Å². The first-order valence-electron chi connectivity index (χ1n) is 6.45. The maximum atomic E-state index is 9.55. The molecule has 0 spiro atoms. The summed E-state index contributed by atoms with van der Waals surface area (Å²) < 4.78 is 0. The number of hydrogen-bond acceptors (Lipinski definition) is 2. The summed E-state index contributed by atoms with van der Waals surface area (Å²) in [5.41, 5.74) is -0.144. The third-order valence-electron chi connectivity index (χ3n) is 3.90. The van der Waals surface area contributed by atoms with Gasteiger partial charge in [-0.05, 0) is 39.7 Å². The zero-order valence-corrected chi connectivity index (χ0v) is 10.6. The normalized spacial score (nSPS) is 21.6. The van der Waals surface area contributed by atoms with Crippen LogP contribution in [-0.2, 0) is 0 Å². The molecule has 1 unspecified atom stereocenters. The molecular formula is C13H27NO. The van der Waals surface area contributed by atoms with Gasteiger partial charge in [-0.1, -0.05) is 32.1 Å². The second-order valence-electron chi connectivity index (χ2n) is 5.62. The summed E-state index contributed by atoms with van der Waals surface area (Å²) in [5.74, 6) is 0.927. The monoisotopic (exact) mass is 213 g/mol. The summed E-state index contributed by atoms with van der Waals surface area (Å²) in [7, 11) is 0. The first-order valence-corrected chi connectivity index (χ1v) is 6.45. The molecule has 0 heterocycles. The predicted octanol–water partition coefficient (Wildman–Crippen LogP) is 2.71. The fraction of sp³-hybridized carbons (Fsp3) is 1.00. The van der Waals surface area contributed by atoms with Crippen LogP contribution < -0.4 is 5.32 Å². The van der Waals surface area contributed by atoms with E-state index in [0.717, 1.165) is 12.5 Å². The van der Waals surface area contributed by atoms with Crippen LogP contribution in [0.15, 0.2) is 0 Å². The molecule has 1 aliphatic rings. The molecular weight excluding hydrogens is 186 g/mol. The highest BCUT2D eigenvalue weighted by molar-refractivity contribution is 4.83. The Balaban J connectivity index is 2.14. The van der Waals surface area contributed by atoms with E-state index in [1.165, 1.54) is 38.5 Å². The molecule has 0 saturated heterocycles. The maximum absolute atomic E-state index is 9.55. The zero-order chi connectivity index (χ0) is 11.3. The summed E-state index contributed by atoms with van der Waals surface area (Å²) in [5, 5.41) is 13.0. The van der Waals surface area contributed by atoms with E-state index in [1.54, 1.807) is 0 Å². The topological polar surface area (TPSA) is 32.3 Å². The fourth-order valence-corrected chi connectivity index (χ4v) is 2.22. The van der Waals surface area contributed by atoms with Crippen molar-refractivity contribution in [2.45, 2.75) is 70.9 Å². The molecule has 2 nitrogen and oxygen atoms in total. The van der Waals surface area contributed by atoms with Crippen molar-refractivity contribution in [3.8, 4) is 0 Å². The Morgan fingerprint density at radius 3 is 2.40 bits per heavy atom. The Morgan fingerprint density at radius 1 is 1.27 bits per heavy atom. The molecule has 90 valence electrons. The van der Waals surface area contributed by atoms with Crippen molar-refractivity contribution in [1.29, 1.82) is 0 Å². The number of rotatable bonds is 5. The standard InChI is InChI=1S/C13H27NO/c1-11(15)13(2,3)14-10-9-12-7-5-4-6-8-12/h11-12,14-15H,4-10H2,1-3H3. The van der Waals surface area contributed by atoms with Crippen molar-refractivity contribution >= 4 is 0 Å². The molecule has 0 aromatic carbocycles. The van der Waals surface area contributed by atoms with Crippen LogP contribution in [0.5, 0.6) is 0 Å². The molecule has 0 amide bonds. The third kappa shape index (κ3) is 4.52. The summed E-state index contributed by atoms with van der Waals surface area (Å²) in [4.78, 5) is 0. The van der Waals surface area contributed by atoms with E-state index in [1.807, 2.05) is 6.92 Å². The molecule has 1 atom stereocenters. The van der Waals surface area contributed by atoms with Crippen LogP contribution in [0.3, 0.4) is 0 Å². The van der Waals surface area contributed by atoms with E-state index in [0.29, 0.717) is 0 Å². The highest BCUT2D eigenvalue weighted by Crippen LogP contribution is 2.26. The molecule has 1 rings (SSSR count). The lowest BCUT2D eigenvalue weighted by Gasteiger charge is -2.31. The third-order valence-corrected chi connectivity index (χ3v) is 3.90. The van der Waals surface area contributed by atoms with Crippen molar-refractivity contribution < 1.29 is 5.11 Å². The summed E-state index contributed by atoms with van der Waals surface area (Å²) in [6.45, 7) is 7.03. The predicted molar refractivity (Wildman–Crippen MR) is 65.0 cm³/mol. The van der Waals surface area contributed by atoms with Crippen LogP contribution in [0.25, 0.3) is 0 Å². The SMILES string of the molecule is CC(O)C(C)(C)NCCC1CCCCC1. The summed E-state index contributed by atoms with van der Waals surface area (Å²) in [6.07, 6.45) is 8.09. The van der Waals surface area contributed by atoms with Gasteiger partial charge in [0.1, 0.15) is 0 Å². The maximum Gasteiger partial charge on any atom is 0.0688 e. The zero-order valence-electron chi connectivity index (χ0n) is 10.6. The molecule has 2 heteroatoms. The van der Waals surface area contributed by atoms with Gasteiger partial charge in [-0.2, -0.15) is 0 Å². The van der Waals surface area contributed by atoms with Crippen LogP contribution in [0.1, 0.15) is 59.3 Å². The lowest BCUT2D eigenvalue weighted by molar-refractivity contribution is 0.0952. The van der Waals surface area contributed by atoms with E-state index >= 15 is 0 Å². The van der Waals surface area contributed by atoms with Gasteiger partial charge in [-0.25, -0.2) is 0 Å². The van der Waals surface area contributed by atoms with Gasteiger partial charge in [0, 0.05) is 5.54 Å². The molecule has 0 radical (unpaired) electrons. The Morgan fingerprint density at radius 2 is 1.87 bits per heavy atom. The number of aliphatic hydroxyl groups excluding tert-OH is 1. The van der Waals surface area contributed by atoms with Gasteiger partial charge in [0.05, 0.1) is 6.10 Å². The Hall–Kier alpha value is -0.0800. The van der Waals surface area contributed by atoms with Gasteiger partial charge in [0.15, 0.2) is 0 Å². The first-order chi connectivity index (χ1) is 7.02. The Bertz CT molecular complexity index is 171. The average Bonchev–Trinajstić information content (AvgIpc) is 2.19. The lowest BCUT2D eigenvalue weighted by Crippen LogP contribution is -2.48. The van der Waals surface area contributed by atoms with Crippen molar-refractivity contribution in [2.24, 2.45) is 5.92 Å². The van der Waals surface area contributed by atoms with Crippen molar-refractivity contribution in [1.82, 2.24) is 5.32 Å². The molecule has 0 bridgehead atoms. The smallest absolute Gasteiger partial charge is 0.0688 e. The van der Waals surface area contributed by atoms with Crippen molar-refractivity contribution in [3.63, 3.8) is 0 Å². The average molecular weight is 213 g/mol. The van der Waals surface area contributed by atoms with Crippen LogP contribution >= 0.6 is 0 Å². The molecule has 1 fully saturated rings. The molecule has 2 N–H and O–H groups in total. The van der Waals surface area contributed by atoms with Crippen LogP contribution in [0.4, 0.5) is 0 Å². The first kappa shape index (κ1) is 13.0. The minimum atomic E-state index is -0.288. The highest BCUT2D eigenvalue weighted by atomic mass is 16.3. The second-order valence-corrected chi connectivity index (χ2v) is 5.62. The van der Waals surface area contributed by atoms with E-state index in [-0.39, 0.29) is 11.6 Å². The molecule has 0 aromatic heterocycles. The molecule has 15 heavy (non-hydrogen) atoms. The van der Waals surface area contributed by atoms with Crippen molar-refractivity contribution in [3.05, 3.63) is 0 Å². The number of hydrogen-bond donors (Lipinski definition) is 2. The number of aliphatic hydroxyl groups is 1. The van der Waals surface area contributed by atoms with Gasteiger partial charge in [-0.15, -0.1) is 0 Å².